The van der Waals surface area contributed by atoms with Gasteiger partial charge in [-0.1, -0.05) is 134 Å². The van der Waals surface area contributed by atoms with Crippen molar-refractivity contribution in [2.45, 2.75) is 401 Å². The first-order valence-corrected chi connectivity index (χ1v) is 40.8. The molecular weight excluding hydrogens is 1240 g/mol. The maximum atomic E-state index is 12.5. The molecule has 574 valence electrons. The van der Waals surface area contributed by atoms with E-state index in [9.17, 15) is 24.0 Å². The molecular formula is C84H153N5O10. The van der Waals surface area contributed by atoms with E-state index >= 15 is 0 Å². The predicted molar refractivity (Wildman–Crippen MR) is 405 cm³/mol. The van der Waals surface area contributed by atoms with Crippen LogP contribution in [0.1, 0.15) is 342 Å². The number of carbonyl (C=O) groups excluding carboxylic acids is 5. The summed E-state index contributed by atoms with van der Waals surface area (Å²) in [7, 11) is 0. The molecule has 0 aromatic rings. The van der Waals surface area contributed by atoms with Crippen LogP contribution in [0.25, 0.3) is 0 Å². The highest BCUT2D eigenvalue weighted by atomic mass is 16.5. The molecule has 5 amide bonds. The molecule has 0 spiro atoms. The van der Waals surface area contributed by atoms with Gasteiger partial charge in [-0.25, -0.2) is 0 Å². The SMILES string of the molecule is C=C(C)CC(OCC1CCCC1)C(=O)NC(C)(C)C.CC(C)(C)NC(=O)C(CC1CC1)OCC1CCCC1.CC(C)(C)NC(=O)C(CC1CCC1)OCC1CCCC1.CC(C)(C)NC(=O)C(CC1CCCC1)OCC1CCCC1.CC1CC1CC(OCC1CCCC1)C(=O)NC(C)(C)C. The lowest BCUT2D eigenvalue weighted by Crippen LogP contribution is -2.47. The van der Waals surface area contributed by atoms with Crippen molar-refractivity contribution in [3.63, 3.8) is 0 Å². The third-order valence-corrected chi connectivity index (χ3v) is 21.4. The fourth-order valence-electron chi connectivity index (χ4n) is 15.2. The third kappa shape index (κ3) is 39.5. The molecule has 15 nitrogen and oxygen atoms in total. The van der Waals surface area contributed by atoms with E-state index in [2.05, 4.69) is 40.1 Å². The van der Waals surface area contributed by atoms with Crippen molar-refractivity contribution in [1.82, 2.24) is 26.6 Å². The van der Waals surface area contributed by atoms with E-state index in [-0.39, 0.29) is 81.6 Å². The molecule has 0 bridgehead atoms. The fourth-order valence-corrected chi connectivity index (χ4v) is 15.2. The Morgan fingerprint density at radius 3 is 0.697 bits per heavy atom. The molecule has 99 heavy (non-hydrogen) atoms. The van der Waals surface area contributed by atoms with Gasteiger partial charge in [0.1, 0.15) is 30.5 Å². The highest BCUT2D eigenvalue weighted by Gasteiger charge is 2.39. The van der Waals surface area contributed by atoms with Crippen molar-refractivity contribution >= 4 is 29.5 Å². The summed E-state index contributed by atoms with van der Waals surface area (Å²) in [5.41, 5.74) is 0.0613. The Balaban J connectivity index is 0.000000223. The summed E-state index contributed by atoms with van der Waals surface area (Å²) in [6.45, 7) is 42.2. The summed E-state index contributed by atoms with van der Waals surface area (Å²) in [6.07, 6.45) is 41.6. The van der Waals surface area contributed by atoms with Gasteiger partial charge in [-0.05, 0) is 266 Å². The van der Waals surface area contributed by atoms with Gasteiger partial charge in [0, 0.05) is 34.1 Å². The van der Waals surface area contributed by atoms with Crippen molar-refractivity contribution < 1.29 is 47.7 Å². The molecule has 5 N–H and O–H groups in total. The van der Waals surface area contributed by atoms with Crippen LogP contribution < -0.4 is 26.6 Å². The van der Waals surface area contributed by atoms with Gasteiger partial charge in [0.15, 0.2) is 0 Å². The Morgan fingerprint density at radius 2 is 0.505 bits per heavy atom. The van der Waals surface area contributed by atoms with Gasteiger partial charge < -0.3 is 50.3 Å². The first kappa shape index (κ1) is 86.5. The number of ether oxygens (including phenoxy) is 5. The predicted octanol–water partition coefficient (Wildman–Crippen LogP) is 18.0. The van der Waals surface area contributed by atoms with Gasteiger partial charge in [0.25, 0.3) is 0 Å². The van der Waals surface area contributed by atoms with Crippen LogP contribution >= 0.6 is 0 Å². The summed E-state index contributed by atoms with van der Waals surface area (Å²) >= 11 is 0. The topological polar surface area (TPSA) is 192 Å². The van der Waals surface area contributed by atoms with Crippen molar-refractivity contribution in [3.8, 4) is 0 Å². The number of hydrogen-bond acceptors (Lipinski definition) is 10. The van der Waals surface area contributed by atoms with Gasteiger partial charge in [-0.3, -0.25) is 24.0 Å². The molecule has 0 radical (unpaired) electrons. The van der Waals surface area contributed by atoms with Crippen LogP contribution in [0.2, 0.25) is 0 Å². The Labute approximate surface area is 605 Å². The normalized spacial score (nSPS) is 22.9. The average Bonchev–Trinajstić information content (AvgIpc) is 1.76. The highest BCUT2D eigenvalue weighted by Crippen LogP contribution is 2.42. The molecule has 0 heterocycles. The second-order valence-electron chi connectivity index (χ2n) is 38.0. The van der Waals surface area contributed by atoms with Gasteiger partial charge in [-0.15, -0.1) is 6.58 Å². The quantitative estimate of drug-likeness (QED) is 0.0433. The van der Waals surface area contributed by atoms with Crippen LogP contribution in [-0.4, -0.2) is 121 Å². The highest BCUT2D eigenvalue weighted by molar-refractivity contribution is 5.83. The molecule has 0 aliphatic heterocycles. The van der Waals surface area contributed by atoms with E-state index < -0.39 is 6.10 Å². The first-order chi connectivity index (χ1) is 46.4. The van der Waals surface area contributed by atoms with E-state index in [0.717, 1.165) is 69.5 Å². The Bertz CT molecular complexity index is 2260. The fraction of sp³-hybridized carbons (Fsp3) is 0.917. The molecule has 9 saturated carbocycles. The monoisotopic (exact) mass is 1390 g/mol. The van der Waals surface area contributed by atoms with E-state index in [1.54, 1.807) is 0 Å². The minimum Gasteiger partial charge on any atom is -0.368 e. The maximum absolute atomic E-state index is 12.5. The van der Waals surface area contributed by atoms with Gasteiger partial charge in [0.05, 0.1) is 33.0 Å². The Morgan fingerprint density at radius 1 is 0.313 bits per heavy atom. The molecule has 0 aromatic heterocycles. The largest absolute Gasteiger partial charge is 0.368 e. The summed E-state index contributed by atoms with van der Waals surface area (Å²) < 4.78 is 30.0. The number of carbonyl (C=O) groups is 5. The van der Waals surface area contributed by atoms with E-state index in [4.69, 9.17) is 23.7 Å². The van der Waals surface area contributed by atoms with Crippen LogP contribution in [0, 0.1) is 59.2 Å². The zero-order valence-electron chi connectivity index (χ0n) is 66.7. The van der Waals surface area contributed by atoms with Crippen LogP contribution in [0.15, 0.2) is 12.2 Å². The average molecular weight is 1390 g/mol. The molecule has 7 unspecified atom stereocenters. The van der Waals surface area contributed by atoms with Crippen LogP contribution in [0.5, 0.6) is 0 Å². The molecule has 0 saturated heterocycles. The smallest absolute Gasteiger partial charge is 0.249 e. The van der Waals surface area contributed by atoms with E-state index in [1.165, 1.54) is 193 Å². The standard InChI is InChI=1S/C18H33NO2.2C17H31NO2.2C16H29NO2/c1-18(2,3)19-17(20)16(12-14-8-4-5-9-14)21-13-15-10-6-7-11-15;1-12-9-14(12)10-15(16(19)18-17(2,3)4)20-11-13-7-5-6-8-13;1-17(2,3)18-16(19)15(11-13-9-6-10-13)20-12-14-7-4-5-8-14;1-16(2,3)17-15(18)14(10-12-8-9-12)19-11-13-6-4-5-7-13;1-12(2)10-14(15(18)17-16(3,4)5)19-11-13-8-6-7-9-13/h14-16H,4-13H2,1-3H3,(H,19,20);12-15H,5-11H2,1-4H3,(H,18,19);13-15H,4-12H2,1-3H3,(H,18,19);12-14H,4-11H2,1-3H3,(H,17,18);13-14H,1,6-11H2,2-5H3,(H,17,18). The van der Waals surface area contributed by atoms with Gasteiger partial charge in [-0.2, -0.15) is 0 Å². The second kappa shape index (κ2) is 42.7. The van der Waals surface area contributed by atoms with Gasteiger partial charge >= 0.3 is 0 Å². The second-order valence-corrected chi connectivity index (χ2v) is 38.0. The number of nitrogens with one attached hydrogen (secondary N) is 5. The van der Waals surface area contributed by atoms with Crippen LogP contribution in [0.4, 0.5) is 0 Å². The number of hydrogen-bond donors (Lipinski definition) is 5. The van der Waals surface area contributed by atoms with Crippen molar-refractivity contribution in [2.75, 3.05) is 33.0 Å². The van der Waals surface area contributed by atoms with Crippen LogP contribution in [-0.2, 0) is 47.7 Å². The lowest BCUT2D eigenvalue weighted by Gasteiger charge is -2.31. The lowest BCUT2D eigenvalue weighted by atomic mass is 9.81. The van der Waals surface area contributed by atoms with Crippen LogP contribution in [0.3, 0.4) is 0 Å². The minimum atomic E-state index is -0.391. The van der Waals surface area contributed by atoms with Crippen molar-refractivity contribution in [1.29, 1.82) is 0 Å². The van der Waals surface area contributed by atoms with E-state index in [1.807, 2.05) is 111 Å². The third-order valence-electron chi connectivity index (χ3n) is 21.4. The zero-order chi connectivity index (χ0) is 73.0. The van der Waals surface area contributed by atoms with E-state index in [0.29, 0.717) is 60.4 Å². The molecule has 9 aliphatic carbocycles. The molecule has 9 rings (SSSR count). The minimum absolute atomic E-state index is 0.0199. The maximum Gasteiger partial charge on any atom is 0.249 e. The molecule has 0 aromatic carbocycles. The van der Waals surface area contributed by atoms with Crippen molar-refractivity contribution in [3.05, 3.63) is 12.2 Å². The summed E-state index contributed by atoms with van der Waals surface area (Å²) in [6, 6.07) is 0. The molecule has 15 heteroatoms. The number of rotatable bonds is 30. The Hall–Kier alpha value is -3.11. The van der Waals surface area contributed by atoms with Gasteiger partial charge in [0.2, 0.25) is 29.5 Å². The number of amides is 5. The molecule has 9 aliphatic rings. The zero-order valence-corrected chi connectivity index (χ0v) is 66.7. The Kier molecular flexibility index (Phi) is 37.4. The molecule has 7 atom stereocenters. The summed E-state index contributed by atoms with van der Waals surface area (Å²) in [5, 5.41) is 15.3. The lowest BCUT2D eigenvalue weighted by molar-refractivity contribution is -0.137. The molecule has 9 fully saturated rings. The summed E-state index contributed by atoms with van der Waals surface area (Å²) in [4.78, 5) is 61.8. The summed E-state index contributed by atoms with van der Waals surface area (Å²) in [5.74, 6) is 7.24. The van der Waals surface area contributed by atoms with Crippen molar-refractivity contribution in [2.24, 2.45) is 59.2 Å². The first-order valence-electron chi connectivity index (χ1n) is 40.8.